The summed E-state index contributed by atoms with van der Waals surface area (Å²) in [6.45, 7) is 0.513. The lowest BCUT2D eigenvalue weighted by molar-refractivity contribution is -0.137. The molecule has 5 nitrogen and oxygen atoms in total. The Morgan fingerprint density at radius 3 is 2.41 bits per heavy atom. The second-order valence-corrected chi connectivity index (χ2v) is 5.71. The van der Waals surface area contributed by atoms with Crippen LogP contribution in [0.15, 0.2) is 67.3 Å². The first-order valence-electron chi connectivity index (χ1n) is 7.98. The van der Waals surface area contributed by atoms with Gasteiger partial charge in [-0.1, -0.05) is 6.07 Å². The number of pyridine rings is 2. The molecule has 138 valence electrons. The molecule has 0 bridgehead atoms. The highest BCUT2D eigenvalue weighted by atomic mass is 19.4. The first-order chi connectivity index (χ1) is 12.9. The molecule has 0 aliphatic heterocycles. The van der Waals surface area contributed by atoms with Gasteiger partial charge in [-0.15, -0.1) is 0 Å². The minimum atomic E-state index is -4.42. The van der Waals surface area contributed by atoms with Gasteiger partial charge in [0.15, 0.2) is 0 Å². The number of amides is 1. The van der Waals surface area contributed by atoms with Crippen LogP contribution >= 0.6 is 0 Å². The SMILES string of the molecule is O=C(Nc1ccc(C(F)(F)F)cc1)c1cncc(NCc2cccnc2)c1. The van der Waals surface area contributed by atoms with E-state index in [9.17, 15) is 18.0 Å². The minimum Gasteiger partial charge on any atom is -0.380 e. The smallest absolute Gasteiger partial charge is 0.380 e. The lowest BCUT2D eigenvalue weighted by Gasteiger charge is -2.10. The highest BCUT2D eigenvalue weighted by Crippen LogP contribution is 2.29. The number of carbonyl (C=O) groups excluding carboxylic acids is 1. The van der Waals surface area contributed by atoms with Crippen molar-refractivity contribution < 1.29 is 18.0 Å². The molecule has 27 heavy (non-hydrogen) atoms. The summed E-state index contributed by atoms with van der Waals surface area (Å²) in [5.74, 6) is -0.465. The predicted octanol–water partition coefficient (Wildman–Crippen LogP) is 4.36. The van der Waals surface area contributed by atoms with Crippen LogP contribution in [0.5, 0.6) is 0 Å². The van der Waals surface area contributed by atoms with Crippen LogP contribution in [0.2, 0.25) is 0 Å². The van der Waals surface area contributed by atoms with Gasteiger partial charge in [0.25, 0.3) is 5.91 Å². The van der Waals surface area contributed by atoms with E-state index in [1.165, 1.54) is 18.3 Å². The summed E-state index contributed by atoms with van der Waals surface area (Å²) < 4.78 is 37.7. The zero-order valence-corrected chi connectivity index (χ0v) is 14.0. The summed E-state index contributed by atoms with van der Waals surface area (Å²) in [5.41, 5.74) is 1.38. The van der Waals surface area contributed by atoms with Crippen LogP contribution in [0, 0.1) is 0 Å². The first kappa shape index (κ1) is 18.4. The highest BCUT2D eigenvalue weighted by molar-refractivity contribution is 6.04. The lowest BCUT2D eigenvalue weighted by atomic mass is 10.2. The average Bonchev–Trinajstić information content (AvgIpc) is 2.67. The molecule has 2 heterocycles. The molecule has 1 amide bonds. The van der Waals surface area contributed by atoms with Crippen molar-refractivity contribution in [1.29, 1.82) is 0 Å². The van der Waals surface area contributed by atoms with Crippen molar-refractivity contribution >= 4 is 17.3 Å². The monoisotopic (exact) mass is 372 g/mol. The zero-order chi connectivity index (χ0) is 19.3. The second-order valence-electron chi connectivity index (χ2n) is 5.71. The van der Waals surface area contributed by atoms with Crippen LogP contribution in [-0.2, 0) is 12.7 Å². The Kier molecular flexibility index (Phi) is 5.35. The van der Waals surface area contributed by atoms with E-state index in [1.807, 2.05) is 12.1 Å². The van der Waals surface area contributed by atoms with Crippen molar-refractivity contribution in [2.75, 3.05) is 10.6 Å². The van der Waals surface area contributed by atoms with Crippen molar-refractivity contribution in [3.05, 3.63) is 83.9 Å². The number of aromatic nitrogens is 2. The van der Waals surface area contributed by atoms with Gasteiger partial charge in [-0.05, 0) is 42.0 Å². The predicted molar refractivity (Wildman–Crippen MR) is 95.2 cm³/mol. The molecule has 0 saturated carbocycles. The molecule has 0 atom stereocenters. The molecule has 1 aromatic carbocycles. The Morgan fingerprint density at radius 2 is 1.74 bits per heavy atom. The molecule has 0 aliphatic carbocycles. The molecule has 0 spiro atoms. The number of benzene rings is 1. The van der Waals surface area contributed by atoms with Crippen LogP contribution in [0.25, 0.3) is 0 Å². The van der Waals surface area contributed by atoms with E-state index in [0.29, 0.717) is 12.2 Å². The molecular formula is C19H15F3N4O. The summed E-state index contributed by atoms with van der Waals surface area (Å²) in [7, 11) is 0. The third-order valence-electron chi connectivity index (χ3n) is 3.69. The number of hydrogen-bond donors (Lipinski definition) is 2. The first-order valence-corrected chi connectivity index (χ1v) is 7.98. The average molecular weight is 372 g/mol. The summed E-state index contributed by atoms with van der Waals surface area (Å²) in [5, 5.41) is 5.69. The molecule has 3 aromatic rings. The van der Waals surface area contributed by atoms with Gasteiger partial charge in [0.05, 0.1) is 16.8 Å². The summed E-state index contributed by atoms with van der Waals surface area (Å²) >= 11 is 0. The molecule has 0 fully saturated rings. The van der Waals surface area contributed by atoms with Gasteiger partial charge in [-0.3, -0.25) is 14.8 Å². The van der Waals surface area contributed by atoms with E-state index in [2.05, 4.69) is 20.6 Å². The number of carbonyl (C=O) groups is 1. The Bertz CT molecular complexity index is 912. The molecule has 0 unspecified atom stereocenters. The quantitative estimate of drug-likeness (QED) is 0.698. The summed E-state index contributed by atoms with van der Waals surface area (Å²) in [6.07, 6.45) is 1.94. The molecule has 8 heteroatoms. The number of rotatable bonds is 5. The van der Waals surface area contributed by atoms with E-state index in [1.54, 1.807) is 24.7 Å². The van der Waals surface area contributed by atoms with Crippen molar-refractivity contribution in [2.24, 2.45) is 0 Å². The van der Waals surface area contributed by atoms with Crippen LogP contribution in [0.4, 0.5) is 24.5 Å². The maximum Gasteiger partial charge on any atom is 0.416 e. The number of halogens is 3. The number of nitrogens with zero attached hydrogens (tertiary/aromatic N) is 2. The van der Waals surface area contributed by atoms with E-state index < -0.39 is 17.6 Å². The maximum atomic E-state index is 12.6. The number of anilines is 2. The van der Waals surface area contributed by atoms with E-state index >= 15 is 0 Å². The van der Waals surface area contributed by atoms with Gasteiger partial charge in [0, 0.05) is 37.0 Å². The van der Waals surface area contributed by atoms with Gasteiger partial charge in [0.2, 0.25) is 0 Å². The second kappa shape index (κ2) is 7.86. The van der Waals surface area contributed by atoms with Crippen LogP contribution in [0.1, 0.15) is 21.5 Å². The molecule has 3 rings (SSSR count). The summed E-state index contributed by atoms with van der Waals surface area (Å²) in [6, 6.07) is 9.59. The van der Waals surface area contributed by atoms with Crippen molar-refractivity contribution in [3.8, 4) is 0 Å². The van der Waals surface area contributed by atoms with Gasteiger partial charge in [-0.25, -0.2) is 0 Å². The van der Waals surface area contributed by atoms with Gasteiger partial charge in [-0.2, -0.15) is 13.2 Å². The van der Waals surface area contributed by atoms with Crippen LogP contribution < -0.4 is 10.6 Å². The standard InChI is InChI=1S/C19H15F3N4O/c20-19(21,22)15-3-5-16(6-4-15)26-18(27)14-8-17(12-24-11-14)25-10-13-2-1-7-23-9-13/h1-9,11-12,25H,10H2,(H,26,27). The molecule has 2 aromatic heterocycles. The third kappa shape index (κ3) is 5.04. The minimum absolute atomic E-state index is 0.265. The Morgan fingerprint density at radius 1 is 0.963 bits per heavy atom. The molecule has 0 aliphatic rings. The Labute approximate surface area is 153 Å². The Hall–Kier alpha value is -3.42. The third-order valence-corrected chi connectivity index (χ3v) is 3.69. The van der Waals surface area contributed by atoms with Gasteiger partial charge >= 0.3 is 6.18 Å². The van der Waals surface area contributed by atoms with E-state index in [0.717, 1.165) is 17.7 Å². The molecule has 0 saturated heterocycles. The largest absolute Gasteiger partial charge is 0.416 e. The number of alkyl halides is 3. The van der Waals surface area contributed by atoms with Crippen LogP contribution in [-0.4, -0.2) is 15.9 Å². The zero-order valence-electron chi connectivity index (χ0n) is 14.0. The lowest BCUT2D eigenvalue weighted by Crippen LogP contribution is -2.13. The summed E-state index contributed by atoms with van der Waals surface area (Å²) in [4.78, 5) is 20.4. The van der Waals surface area contributed by atoms with Gasteiger partial charge < -0.3 is 10.6 Å². The fourth-order valence-corrected chi connectivity index (χ4v) is 2.31. The topological polar surface area (TPSA) is 66.9 Å². The van der Waals surface area contributed by atoms with Crippen LogP contribution in [0.3, 0.4) is 0 Å². The van der Waals surface area contributed by atoms with Crippen molar-refractivity contribution in [3.63, 3.8) is 0 Å². The van der Waals surface area contributed by atoms with E-state index in [4.69, 9.17) is 0 Å². The van der Waals surface area contributed by atoms with Crippen molar-refractivity contribution in [2.45, 2.75) is 12.7 Å². The maximum absolute atomic E-state index is 12.6. The molecule has 0 radical (unpaired) electrons. The normalized spacial score (nSPS) is 11.1. The Balaban J connectivity index is 1.64. The molecule has 2 N–H and O–H groups in total. The van der Waals surface area contributed by atoms with E-state index in [-0.39, 0.29) is 11.3 Å². The fraction of sp³-hybridized carbons (Fsp3) is 0.105. The van der Waals surface area contributed by atoms with Gasteiger partial charge in [0.1, 0.15) is 0 Å². The van der Waals surface area contributed by atoms with Crippen molar-refractivity contribution in [1.82, 2.24) is 9.97 Å². The highest BCUT2D eigenvalue weighted by Gasteiger charge is 2.30. The fourth-order valence-electron chi connectivity index (χ4n) is 2.31. The number of hydrogen-bond acceptors (Lipinski definition) is 4. The molecular weight excluding hydrogens is 357 g/mol. The number of nitrogens with one attached hydrogen (secondary N) is 2.